The van der Waals surface area contributed by atoms with Gasteiger partial charge in [-0.05, 0) is 82.6 Å². The highest BCUT2D eigenvalue weighted by Gasteiger charge is 2.34. The molecule has 6 rings (SSSR count). The number of halogens is 2. The molecule has 0 atom stereocenters. The van der Waals surface area contributed by atoms with Crippen LogP contribution in [0.3, 0.4) is 0 Å². The van der Waals surface area contributed by atoms with Crippen LogP contribution in [0, 0.1) is 11.6 Å². The molecule has 0 radical (unpaired) electrons. The number of nitrogens with zero attached hydrogens (tertiary/aromatic N) is 5. The lowest BCUT2D eigenvalue weighted by molar-refractivity contribution is 0.0384. The van der Waals surface area contributed by atoms with Crippen LogP contribution in [0.25, 0.3) is 10.9 Å². The Bertz CT molecular complexity index is 1610. The number of methoxy groups -OCH3 is 1. The van der Waals surface area contributed by atoms with Gasteiger partial charge in [-0.25, -0.2) is 17.2 Å². The van der Waals surface area contributed by atoms with E-state index in [0.29, 0.717) is 47.5 Å². The molecule has 46 heavy (non-hydrogen) atoms. The van der Waals surface area contributed by atoms with Crippen molar-refractivity contribution in [2.24, 2.45) is 0 Å². The molecule has 3 saturated heterocycles. The van der Waals surface area contributed by atoms with E-state index in [1.807, 2.05) is 0 Å². The maximum absolute atomic E-state index is 14.8. The molecule has 12 heteroatoms. The Balaban J connectivity index is 1.23. The first-order valence-electron chi connectivity index (χ1n) is 16.5. The van der Waals surface area contributed by atoms with Crippen LogP contribution < -0.4 is 14.4 Å². The number of sulfone groups is 1. The molecular weight excluding hydrogens is 612 g/mol. The number of pyridine rings is 1. The summed E-state index contributed by atoms with van der Waals surface area (Å²) >= 11 is 0. The molecule has 0 unspecified atom stereocenters. The summed E-state index contributed by atoms with van der Waals surface area (Å²) in [6.07, 6.45) is 5.57. The maximum Gasteiger partial charge on any atom is 0.210 e. The van der Waals surface area contributed by atoms with Gasteiger partial charge in [0.1, 0.15) is 10.6 Å². The van der Waals surface area contributed by atoms with Gasteiger partial charge in [-0.15, -0.1) is 0 Å². The number of likely N-dealkylation sites (tertiary alicyclic amines) is 1. The van der Waals surface area contributed by atoms with Crippen molar-refractivity contribution in [1.82, 2.24) is 19.7 Å². The van der Waals surface area contributed by atoms with Crippen molar-refractivity contribution < 1.29 is 26.7 Å². The highest BCUT2D eigenvalue weighted by atomic mass is 32.2. The molecule has 2 aromatic carbocycles. The van der Waals surface area contributed by atoms with Gasteiger partial charge in [0.2, 0.25) is 9.84 Å². The topological polar surface area (TPSA) is 78.4 Å². The maximum atomic E-state index is 14.8. The van der Waals surface area contributed by atoms with E-state index in [2.05, 4.69) is 31.5 Å². The van der Waals surface area contributed by atoms with E-state index in [-0.39, 0.29) is 11.5 Å². The van der Waals surface area contributed by atoms with Gasteiger partial charge in [-0.1, -0.05) is 6.92 Å². The molecule has 3 aromatic rings. The summed E-state index contributed by atoms with van der Waals surface area (Å²) in [6, 6.07) is 8.10. The summed E-state index contributed by atoms with van der Waals surface area (Å²) in [4.78, 5) is 13.8. The van der Waals surface area contributed by atoms with Crippen molar-refractivity contribution in [2.45, 2.75) is 61.4 Å². The first kappa shape index (κ1) is 32.9. The summed E-state index contributed by atoms with van der Waals surface area (Å²) in [7, 11) is -2.81. The second-order valence-corrected chi connectivity index (χ2v) is 14.4. The van der Waals surface area contributed by atoms with E-state index < -0.39 is 32.1 Å². The number of anilines is 1. The fourth-order valence-electron chi connectivity index (χ4n) is 7.41. The number of fused-ring (bicyclic) bond motifs is 1. The number of rotatable bonds is 9. The Morgan fingerprint density at radius 2 is 1.43 bits per heavy atom. The van der Waals surface area contributed by atoms with Crippen molar-refractivity contribution >= 4 is 26.4 Å². The smallest absolute Gasteiger partial charge is 0.210 e. The predicted octanol–water partition coefficient (Wildman–Crippen LogP) is 4.82. The van der Waals surface area contributed by atoms with E-state index in [9.17, 15) is 17.2 Å². The zero-order chi connectivity index (χ0) is 32.4. The summed E-state index contributed by atoms with van der Waals surface area (Å²) in [5.41, 5.74) is 1.10. The Morgan fingerprint density at radius 1 is 0.848 bits per heavy atom. The predicted molar refractivity (Wildman–Crippen MR) is 175 cm³/mol. The monoisotopic (exact) mass is 657 g/mol. The number of benzene rings is 2. The van der Waals surface area contributed by atoms with E-state index in [1.165, 1.54) is 32.1 Å². The minimum Gasteiger partial charge on any atom is -0.497 e. The summed E-state index contributed by atoms with van der Waals surface area (Å²) in [5.74, 6) is -2.15. The Hall–Kier alpha value is -3.06. The van der Waals surface area contributed by atoms with E-state index in [0.717, 1.165) is 57.7 Å². The molecule has 4 heterocycles. The van der Waals surface area contributed by atoms with Crippen LogP contribution in [0.2, 0.25) is 0 Å². The van der Waals surface area contributed by atoms with Gasteiger partial charge in [-0.2, -0.15) is 0 Å². The molecule has 0 spiro atoms. The quantitative estimate of drug-likeness (QED) is 0.322. The van der Waals surface area contributed by atoms with Crippen LogP contribution in [0.4, 0.5) is 14.5 Å². The second kappa shape index (κ2) is 14.0. The molecule has 0 amide bonds. The molecule has 250 valence electrons. The largest absolute Gasteiger partial charge is 0.497 e. The van der Waals surface area contributed by atoms with Gasteiger partial charge in [0.05, 0.1) is 29.8 Å². The highest BCUT2D eigenvalue weighted by Crippen LogP contribution is 2.40. The first-order valence-corrected chi connectivity index (χ1v) is 18.0. The fourth-order valence-corrected chi connectivity index (χ4v) is 8.87. The molecule has 0 saturated carbocycles. The summed E-state index contributed by atoms with van der Waals surface area (Å²) < 4.78 is 68.4. The first-order chi connectivity index (χ1) is 22.2. The zero-order valence-electron chi connectivity index (χ0n) is 27.1. The zero-order valence-corrected chi connectivity index (χ0v) is 27.9. The van der Waals surface area contributed by atoms with E-state index in [4.69, 9.17) is 9.47 Å². The van der Waals surface area contributed by atoms with E-state index >= 15 is 0 Å². The Kier molecular flexibility index (Phi) is 9.98. The van der Waals surface area contributed by atoms with Crippen molar-refractivity contribution in [3.8, 4) is 11.5 Å². The standard InChI is InChI=1S/C34H45F2N5O4S/c1-4-38-12-8-24(9-13-38)39-16-18-40(19-17-39)25-10-14-41(15-11-25)33-28-20-26(44-3)6-7-31(28)37-23-32(33)46(42,43)27-21-29(35)34(45-5-2)30(36)22-27/h6-7,20-25H,4-5,8-19H2,1-3H3. The third-order valence-corrected chi connectivity index (χ3v) is 11.8. The average molecular weight is 658 g/mol. The van der Waals surface area contributed by atoms with Crippen molar-refractivity contribution in [2.75, 3.05) is 77.5 Å². The molecule has 0 N–H and O–H groups in total. The molecule has 3 fully saturated rings. The van der Waals surface area contributed by atoms with Crippen molar-refractivity contribution in [1.29, 1.82) is 0 Å². The Morgan fingerprint density at radius 3 is 1.98 bits per heavy atom. The van der Waals surface area contributed by atoms with Crippen LogP contribution in [-0.2, 0) is 9.84 Å². The number of hydrogen-bond donors (Lipinski definition) is 0. The minimum absolute atomic E-state index is 0.0462. The molecule has 1 aromatic heterocycles. The van der Waals surface area contributed by atoms with Gasteiger partial charge >= 0.3 is 0 Å². The molecule has 0 bridgehead atoms. The number of piperazine rings is 1. The third kappa shape index (κ3) is 6.54. The second-order valence-electron chi connectivity index (χ2n) is 12.5. The van der Waals surface area contributed by atoms with Crippen LogP contribution in [-0.4, -0.2) is 113 Å². The lowest BCUT2D eigenvalue weighted by Crippen LogP contribution is -2.56. The lowest BCUT2D eigenvalue weighted by atomic mass is 9.99. The number of ether oxygens (including phenoxy) is 2. The lowest BCUT2D eigenvalue weighted by Gasteiger charge is -2.46. The van der Waals surface area contributed by atoms with Gasteiger partial charge < -0.3 is 19.3 Å². The molecular formula is C34H45F2N5O4S. The van der Waals surface area contributed by atoms with Crippen LogP contribution >= 0.6 is 0 Å². The molecule has 3 aliphatic heterocycles. The molecule has 0 aliphatic carbocycles. The van der Waals surface area contributed by atoms with Crippen molar-refractivity contribution in [3.63, 3.8) is 0 Å². The number of piperidine rings is 2. The van der Waals surface area contributed by atoms with Crippen LogP contribution in [0.15, 0.2) is 46.3 Å². The van der Waals surface area contributed by atoms with Gasteiger partial charge in [0.25, 0.3) is 0 Å². The third-order valence-electron chi connectivity index (χ3n) is 10.0. The molecule has 3 aliphatic rings. The van der Waals surface area contributed by atoms with E-state index in [1.54, 1.807) is 32.2 Å². The van der Waals surface area contributed by atoms with Gasteiger partial charge in [-0.3, -0.25) is 14.8 Å². The average Bonchev–Trinajstić information content (AvgIpc) is 3.09. The fraction of sp³-hybridized carbons (Fsp3) is 0.559. The van der Waals surface area contributed by atoms with Gasteiger partial charge in [0.15, 0.2) is 17.4 Å². The van der Waals surface area contributed by atoms with Gasteiger partial charge in [0, 0.05) is 62.9 Å². The summed E-state index contributed by atoms with van der Waals surface area (Å²) in [5, 5.41) is 0.619. The minimum atomic E-state index is -4.36. The van der Waals surface area contributed by atoms with Crippen LogP contribution in [0.1, 0.15) is 39.5 Å². The number of hydrogen-bond acceptors (Lipinski definition) is 9. The summed E-state index contributed by atoms with van der Waals surface area (Å²) in [6.45, 7) is 13.0. The Labute approximate surface area is 271 Å². The SMILES string of the molecule is CCOc1c(F)cc(S(=O)(=O)c2cnc3ccc(OC)cc3c2N2CCC(N3CCN(C4CCN(CC)CC4)CC3)CC2)cc1F. The molecule has 9 nitrogen and oxygen atoms in total. The number of aromatic nitrogens is 1. The van der Waals surface area contributed by atoms with Crippen LogP contribution in [0.5, 0.6) is 11.5 Å². The van der Waals surface area contributed by atoms with Crippen molar-refractivity contribution in [3.05, 3.63) is 48.2 Å². The highest BCUT2D eigenvalue weighted by molar-refractivity contribution is 7.91. The normalized spacial score (nSPS) is 20.0.